The second-order valence-electron chi connectivity index (χ2n) is 16.0. The van der Waals surface area contributed by atoms with Crippen molar-refractivity contribution >= 4 is 21.5 Å². The summed E-state index contributed by atoms with van der Waals surface area (Å²) in [5.74, 6) is 1.77. The van der Waals surface area contributed by atoms with Crippen molar-refractivity contribution in [3.63, 3.8) is 0 Å². The molecule has 2 aliphatic rings. The van der Waals surface area contributed by atoms with Crippen LogP contribution in [0.2, 0.25) is 0 Å². The van der Waals surface area contributed by atoms with E-state index in [1.807, 2.05) is 0 Å². The third-order valence-corrected chi connectivity index (χ3v) is 12.5. The number of fused-ring (bicyclic) bond motifs is 8. The lowest BCUT2D eigenvalue weighted by atomic mass is 9.79. The number of rotatable bonds is 5. The van der Waals surface area contributed by atoms with Gasteiger partial charge in [0.05, 0.1) is 14.2 Å². The van der Waals surface area contributed by atoms with Crippen LogP contribution in [0.5, 0.6) is 11.5 Å². The van der Waals surface area contributed by atoms with Crippen LogP contribution in [0.3, 0.4) is 0 Å². The number of hydrogen-bond acceptors (Lipinski definition) is 2. The lowest BCUT2D eigenvalue weighted by Gasteiger charge is -2.24. The maximum absolute atomic E-state index is 5.61. The number of hydrogen-bond donors (Lipinski definition) is 0. The third-order valence-electron chi connectivity index (χ3n) is 12.5. The normalized spacial score (nSPS) is 14.4. The van der Waals surface area contributed by atoms with Crippen molar-refractivity contribution in [1.82, 2.24) is 0 Å². The Morgan fingerprint density at radius 2 is 0.667 bits per heavy atom. The highest BCUT2D eigenvalue weighted by Crippen LogP contribution is 2.54. The van der Waals surface area contributed by atoms with E-state index in [4.69, 9.17) is 9.47 Å². The molecule has 0 heterocycles. The monoisotopic (exact) mass is 698 g/mol. The molecule has 0 unspecified atom stereocenters. The first-order valence-electron chi connectivity index (χ1n) is 18.9. The fourth-order valence-corrected chi connectivity index (χ4v) is 9.60. The van der Waals surface area contributed by atoms with E-state index in [0.717, 1.165) is 11.5 Å². The molecule has 0 atom stereocenters. The van der Waals surface area contributed by atoms with Crippen molar-refractivity contribution in [2.24, 2.45) is 0 Å². The van der Waals surface area contributed by atoms with Crippen LogP contribution in [0.25, 0.3) is 77.2 Å². The molecule has 262 valence electrons. The van der Waals surface area contributed by atoms with Gasteiger partial charge >= 0.3 is 0 Å². The minimum Gasteiger partial charge on any atom is -0.497 e. The molecule has 0 bridgehead atoms. The van der Waals surface area contributed by atoms with Gasteiger partial charge in [0.1, 0.15) is 11.5 Å². The predicted molar refractivity (Wildman–Crippen MR) is 226 cm³/mol. The van der Waals surface area contributed by atoms with Gasteiger partial charge in [0.15, 0.2) is 0 Å². The predicted octanol–water partition coefficient (Wildman–Crippen LogP) is 13.6. The van der Waals surface area contributed by atoms with Gasteiger partial charge in [0.2, 0.25) is 0 Å². The zero-order valence-electron chi connectivity index (χ0n) is 31.7. The van der Waals surface area contributed by atoms with Crippen LogP contribution < -0.4 is 9.47 Å². The van der Waals surface area contributed by atoms with Crippen molar-refractivity contribution in [2.75, 3.05) is 14.2 Å². The molecule has 10 rings (SSSR count). The van der Waals surface area contributed by atoms with Gasteiger partial charge in [-0.1, -0.05) is 131 Å². The Kier molecular flexibility index (Phi) is 7.04. The molecule has 8 aromatic carbocycles. The zero-order valence-corrected chi connectivity index (χ0v) is 31.7. The van der Waals surface area contributed by atoms with Gasteiger partial charge in [-0.15, -0.1) is 0 Å². The van der Waals surface area contributed by atoms with Crippen LogP contribution in [0.15, 0.2) is 146 Å². The first-order chi connectivity index (χ1) is 26.2. The highest BCUT2D eigenvalue weighted by atomic mass is 16.5. The van der Waals surface area contributed by atoms with Crippen molar-refractivity contribution in [2.45, 2.75) is 38.5 Å². The Morgan fingerprint density at radius 3 is 1.11 bits per heavy atom. The Bertz CT molecular complexity index is 2780. The fourth-order valence-electron chi connectivity index (χ4n) is 9.60. The van der Waals surface area contributed by atoms with E-state index in [1.54, 1.807) is 14.2 Å². The zero-order chi connectivity index (χ0) is 36.9. The van der Waals surface area contributed by atoms with Gasteiger partial charge < -0.3 is 9.47 Å². The van der Waals surface area contributed by atoms with Crippen LogP contribution >= 0.6 is 0 Å². The molecule has 2 heteroatoms. The molecule has 0 amide bonds. The molecule has 8 aromatic rings. The summed E-state index contributed by atoms with van der Waals surface area (Å²) in [6, 6.07) is 54.1. The number of benzene rings is 8. The average molecular weight is 699 g/mol. The van der Waals surface area contributed by atoms with E-state index >= 15 is 0 Å². The Labute approximate surface area is 317 Å². The van der Waals surface area contributed by atoms with Gasteiger partial charge in [-0.2, -0.15) is 0 Å². The maximum Gasteiger partial charge on any atom is 0.119 e. The third kappa shape index (κ3) is 4.59. The minimum atomic E-state index is -0.173. The lowest BCUT2D eigenvalue weighted by molar-refractivity contribution is 0.413. The van der Waals surface area contributed by atoms with E-state index in [-0.39, 0.29) is 10.8 Å². The summed E-state index contributed by atoms with van der Waals surface area (Å²) in [6.07, 6.45) is 0. The van der Waals surface area contributed by atoms with Gasteiger partial charge in [0, 0.05) is 10.8 Å². The van der Waals surface area contributed by atoms with E-state index in [2.05, 4.69) is 173 Å². The number of ether oxygens (including phenoxy) is 2. The molecule has 0 aromatic heterocycles. The fraction of sp³-hybridized carbons (Fsp3) is 0.154. The van der Waals surface area contributed by atoms with E-state index in [1.165, 1.54) is 99.4 Å². The smallest absolute Gasteiger partial charge is 0.119 e. The summed E-state index contributed by atoms with van der Waals surface area (Å²) in [5, 5.41) is 5.03. The van der Waals surface area contributed by atoms with Crippen molar-refractivity contribution < 1.29 is 9.47 Å². The van der Waals surface area contributed by atoms with Crippen LogP contribution in [0.4, 0.5) is 0 Å². The highest BCUT2D eigenvalue weighted by molar-refractivity contribution is 6.21. The topological polar surface area (TPSA) is 18.5 Å². The minimum absolute atomic E-state index is 0.112. The quantitative estimate of drug-likeness (QED) is 0.167. The molecule has 0 N–H and O–H groups in total. The maximum atomic E-state index is 5.61. The molecule has 0 fully saturated rings. The summed E-state index contributed by atoms with van der Waals surface area (Å²) >= 11 is 0. The summed E-state index contributed by atoms with van der Waals surface area (Å²) in [5.41, 5.74) is 17.9. The van der Waals surface area contributed by atoms with E-state index < -0.39 is 0 Å². The molecular weight excluding hydrogens is 657 g/mol. The molecular formula is C52H42O2. The van der Waals surface area contributed by atoms with Crippen molar-refractivity contribution in [1.29, 1.82) is 0 Å². The second kappa shape index (κ2) is 11.7. The van der Waals surface area contributed by atoms with Crippen LogP contribution in [-0.4, -0.2) is 14.2 Å². The van der Waals surface area contributed by atoms with Crippen molar-refractivity contribution in [3.05, 3.63) is 168 Å². The summed E-state index contributed by atoms with van der Waals surface area (Å²) in [6.45, 7) is 9.45. The van der Waals surface area contributed by atoms with Crippen molar-refractivity contribution in [3.8, 4) is 67.1 Å². The SMILES string of the molecule is COc1ccc(-c2c3ccccc3c(-c3ccc4c(c3)C(C)(C)c3cc(-c5ccc6c(c5)C(C)(C)c5cc(OC)ccc5-6)ccc3-4)c3ccccc23)cc1. The molecule has 0 saturated heterocycles. The first-order valence-corrected chi connectivity index (χ1v) is 18.9. The molecule has 0 aliphatic heterocycles. The lowest BCUT2D eigenvalue weighted by Crippen LogP contribution is -2.15. The van der Waals surface area contributed by atoms with Gasteiger partial charge in [0.25, 0.3) is 0 Å². The van der Waals surface area contributed by atoms with Crippen LogP contribution in [0, 0.1) is 0 Å². The Morgan fingerprint density at radius 1 is 0.333 bits per heavy atom. The van der Waals surface area contributed by atoms with Gasteiger partial charge in [-0.05, 0) is 142 Å². The molecule has 0 spiro atoms. The summed E-state index contributed by atoms with van der Waals surface area (Å²) in [4.78, 5) is 0. The number of methoxy groups -OCH3 is 2. The van der Waals surface area contributed by atoms with Crippen LogP contribution in [-0.2, 0) is 10.8 Å². The Balaban J connectivity index is 1.08. The molecule has 2 nitrogen and oxygen atoms in total. The Hall–Kier alpha value is -6.12. The average Bonchev–Trinajstić information content (AvgIpc) is 3.57. The summed E-state index contributed by atoms with van der Waals surface area (Å²) < 4.78 is 11.1. The van der Waals surface area contributed by atoms with E-state index in [0.29, 0.717) is 0 Å². The second-order valence-corrected chi connectivity index (χ2v) is 16.0. The molecule has 0 saturated carbocycles. The molecule has 2 aliphatic carbocycles. The van der Waals surface area contributed by atoms with Crippen LogP contribution in [0.1, 0.15) is 49.9 Å². The first kappa shape index (κ1) is 32.5. The molecule has 54 heavy (non-hydrogen) atoms. The van der Waals surface area contributed by atoms with E-state index in [9.17, 15) is 0 Å². The van der Waals surface area contributed by atoms with Gasteiger partial charge in [-0.25, -0.2) is 0 Å². The largest absolute Gasteiger partial charge is 0.497 e. The highest BCUT2D eigenvalue weighted by Gasteiger charge is 2.38. The molecule has 0 radical (unpaired) electrons. The standard InChI is InChI=1S/C52H42O2/c1-51(2)45-27-32(33-18-24-38-40-26-22-36(54-6)30-48(40)52(3,4)46(38)28-33)17-23-37(45)39-25-19-34(29-47(39)51)50-43-13-9-7-11-41(43)49(42-12-8-10-14-44(42)50)31-15-20-35(53-5)21-16-31/h7-30H,1-6H3. The van der Waals surface area contributed by atoms with Gasteiger partial charge in [-0.3, -0.25) is 0 Å². The summed E-state index contributed by atoms with van der Waals surface area (Å²) in [7, 11) is 3.46.